The van der Waals surface area contributed by atoms with Crippen molar-refractivity contribution in [1.82, 2.24) is 15.1 Å². The minimum absolute atomic E-state index is 0.112. The van der Waals surface area contributed by atoms with Crippen molar-refractivity contribution in [3.8, 4) is 17.6 Å². The van der Waals surface area contributed by atoms with Crippen LogP contribution in [0.15, 0.2) is 18.2 Å². The molecule has 1 heterocycles. The van der Waals surface area contributed by atoms with Gasteiger partial charge in [0, 0.05) is 26.6 Å². The number of nitrogens with one attached hydrogen (secondary N) is 1. The van der Waals surface area contributed by atoms with E-state index in [4.69, 9.17) is 5.26 Å². The van der Waals surface area contributed by atoms with Crippen molar-refractivity contribution in [3.63, 3.8) is 0 Å². The summed E-state index contributed by atoms with van der Waals surface area (Å²) in [5, 5.41) is 30.2. The van der Waals surface area contributed by atoms with Crippen LogP contribution in [0.4, 0.5) is 0 Å². The molecule has 1 fully saturated rings. The third kappa shape index (κ3) is 5.86. The van der Waals surface area contributed by atoms with Gasteiger partial charge < -0.3 is 25.3 Å². The molecule has 0 aromatic heterocycles. The Bertz CT molecular complexity index is 835. The number of nitriles is 1. The van der Waals surface area contributed by atoms with Gasteiger partial charge in [0.05, 0.1) is 12.5 Å². The number of likely N-dealkylation sites (N-methyl/N-ethyl adjacent to an activating group) is 1. The Kier molecular flexibility index (Phi) is 8.04. The van der Waals surface area contributed by atoms with Crippen LogP contribution >= 0.6 is 0 Å². The fourth-order valence-electron chi connectivity index (χ4n) is 3.48. The molecule has 1 saturated heterocycles. The maximum absolute atomic E-state index is 12.8. The lowest BCUT2D eigenvalue weighted by Crippen LogP contribution is -2.52. The summed E-state index contributed by atoms with van der Waals surface area (Å²) in [4.78, 5) is 40.7. The highest BCUT2D eigenvalue weighted by Gasteiger charge is 2.37. The van der Waals surface area contributed by atoms with Gasteiger partial charge in [-0.25, -0.2) is 0 Å². The number of carbonyl (C=O) groups is 3. The molecule has 162 valence electrons. The molecule has 1 aromatic rings. The molecule has 0 bridgehead atoms. The summed E-state index contributed by atoms with van der Waals surface area (Å²) >= 11 is 0. The second-order valence-electron chi connectivity index (χ2n) is 7.47. The summed E-state index contributed by atoms with van der Waals surface area (Å²) < 4.78 is 0. The zero-order chi connectivity index (χ0) is 22.3. The quantitative estimate of drug-likeness (QED) is 0.539. The van der Waals surface area contributed by atoms with Crippen LogP contribution in [-0.2, 0) is 20.8 Å². The first-order chi connectivity index (χ1) is 14.2. The molecule has 30 heavy (non-hydrogen) atoms. The second-order valence-corrected chi connectivity index (χ2v) is 7.47. The van der Waals surface area contributed by atoms with E-state index in [0.717, 1.165) is 0 Å². The molecular weight excluding hydrogens is 388 g/mol. The Hall–Kier alpha value is -3.28. The van der Waals surface area contributed by atoms with Gasteiger partial charge >= 0.3 is 0 Å². The molecule has 1 aliphatic heterocycles. The first-order valence-electron chi connectivity index (χ1n) is 9.97. The van der Waals surface area contributed by atoms with Crippen molar-refractivity contribution < 1.29 is 24.6 Å². The third-order valence-electron chi connectivity index (χ3n) is 5.18. The van der Waals surface area contributed by atoms with Crippen LogP contribution in [0.5, 0.6) is 11.5 Å². The van der Waals surface area contributed by atoms with Crippen molar-refractivity contribution in [2.45, 2.75) is 51.1 Å². The SMILES string of the molecule is C[C@H](NC(=O)CCc1ccc(O)c(O)c1)C(=O)N1CCC[C@H]1C(=O)N(C)CCC#N. The van der Waals surface area contributed by atoms with Gasteiger partial charge in [-0.1, -0.05) is 6.07 Å². The first-order valence-corrected chi connectivity index (χ1v) is 9.97. The average molecular weight is 416 g/mol. The highest BCUT2D eigenvalue weighted by molar-refractivity contribution is 5.92. The summed E-state index contributed by atoms with van der Waals surface area (Å²) in [6.07, 6.45) is 1.95. The van der Waals surface area contributed by atoms with Crippen molar-refractivity contribution in [3.05, 3.63) is 23.8 Å². The third-order valence-corrected chi connectivity index (χ3v) is 5.18. The number of likely N-dealkylation sites (tertiary alicyclic amines) is 1. The number of benzene rings is 1. The normalized spacial score (nSPS) is 16.6. The maximum Gasteiger partial charge on any atom is 0.245 e. The summed E-state index contributed by atoms with van der Waals surface area (Å²) in [5.74, 6) is -1.30. The molecular formula is C21H28N4O5. The zero-order valence-electron chi connectivity index (χ0n) is 17.3. The monoisotopic (exact) mass is 416 g/mol. The number of hydrogen-bond acceptors (Lipinski definition) is 6. The lowest BCUT2D eigenvalue weighted by molar-refractivity contribution is -0.144. The van der Waals surface area contributed by atoms with Crippen molar-refractivity contribution in [2.24, 2.45) is 0 Å². The lowest BCUT2D eigenvalue weighted by atomic mass is 10.1. The van der Waals surface area contributed by atoms with Gasteiger partial charge in [-0.05, 0) is 43.9 Å². The molecule has 2 rings (SSSR count). The van der Waals surface area contributed by atoms with Gasteiger partial charge in [0.15, 0.2) is 11.5 Å². The molecule has 0 spiro atoms. The minimum Gasteiger partial charge on any atom is -0.504 e. The maximum atomic E-state index is 12.8. The van der Waals surface area contributed by atoms with Gasteiger partial charge in [0.25, 0.3) is 0 Å². The van der Waals surface area contributed by atoms with Crippen LogP contribution in [0.2, 0.25) is 0 Å². The van der Waals surface area contributed by atoms with E-state index >= 15 is 0 Å². The highest BCUT2D eigenvalue weighted by Crippen LogP contribution is 2.25. The first kappa shape index (κ1) is 23.0. The van der Waals surface area contributed by atoms with Crippen LogP contribution in [-0.4, -0.2) is 70.0 Å². The molecule has 3 amide bonds. The Balaban J connectivity index is 1.89. The Morgan fingerprint density at radius 3 is 2.73 bits per heavy atom. The van der Waals surface area contributed by atoms with E-state index in [-0.39, 0.29) is 42.1 Å². The largest absolute Gasteiger partial charge is 0.504 e. The number of carbonyl (C=O) groups excluding carboxylic acids is 3. The summed E-state index contributed by atoms with van der Waals surface area (Å²) in [5.41, 5.74) is 0.685. The smallest absolute Gasteiger partial charge is 0.245 e. The summed E-state index contributed by atoms with van der Waals surface area (Å²) in [6.45, 7) is 2.35. The number of aromatic hydroxyl groups is 2. The number of phenols is 2. The van der Waals surface area contributed by atoms with Crippen LogP contribution in [0.1, 0.15) is 38.2 Å². The predicted octanol–water partition coefficient (Wildman–Crippen LogP) is 0.898. The fraction of sp³-hybridized carbons (Fsp3) is 0.524. The fourth-order valence-corrected chi connectivity index (χ4v) is 3.48. The van der Waals surface area contributed by atoms with E-state index in [0.29, 0.717) is 37.9 Å². The van der Waals surface area contributed by atoms with Gasteiger partial charge in [-0.2, -0.15) is 5.26 Å². The van der Waals surface area contributed by atoms with Gasteiger partial charge in [-0.3, -0.25) is 14.4 Å². The Labute approximate surface area is 175 Å². The van der Waals surface area contributed by atoms with Gasteiger partial charge in [-0.15, -0.1) is 0 Å². The van der Waals surface area contributed by atoms with E-state index < -0.39 is 12.1 Å². The number of rotatable bonds is 8. The minimum atomic E-state index is -0.775. The number of amides is 3. The van der Waals surface area contributed by atoms with E-state index in [2.05, 4.69) is 5.32 Å². The molecule has 3 N–H and O–H groups in total. The van der Waals surface area contributed by atoms with Crippen LogP contribution in [0, 0.1) is 11.3 Å². The van der Waals surface area contributed by atoms with Crippen molar-refractivity contribution in [2.75, 3.05) is 20.1 Å². The van der Waals surface area contributed by atoms with Crippen LogP contribution in [0.25, 0.3) is 0 Å². The number of aryl methyl sites for hydroxylation is 1. The zero-order valence-corrected chi connectivity index (χ0v) is 17.3. The van der Waals surface area contributed by atoms with Gasteiger partial charge in [0.1, 0.15) is 12.1 Å². The van der Waals surface area contributed by atoms with Gasteiger partial charge in [0.2, 0.25) is 17.7 Å². The van der Waals surface area contributed by atoms with Crippen molar-refractivity contribution >= 4 is 17.7 Å². The molecule has 1 aliphatic rings. The standard InChI is InChI=1S/C21H28N4O5/c1-14(23-19(28)9-7-15-6-8-17(26)18(27)13-15)20(29)25-12-3-5-16(25)21(30)24(2)11-4-10-22/h6,8,13-14,16,26-27H,3-5,7,9,11-12H2,1-2H3,(H,23,28)/t14-,16-/m0/s1. The highest BCUT2D eigenvalue weighted by atomic mass is 16.3. The van der Waals surface area contributed by atoms with E-state index in [1.54, 1.807) is 20.0 Å². The molecule has 0 saturated carbocycles. The van der Waals surface area contributed by atoms with E-state index in [1.807, 2.05) is 6.07 Å². The number of phenolic OH excluding ortho intramolecular Hbond substituents is 2. The second kappa shape index (κ2) is 10.5. The summed E-state index contributed by atoms with van der Waals surface area (Å²) in [6, 6.07) is 5.01. The van der Waals surface area contributed by atoms with E-state index in [9.17, 15) is 24.6 Å². The van der Waals surface area contributed by atoms with E-state index in [1.165, 1.54) is 21.9 Å². The predicted molar refractivity (Wildman–Crippen MR) is 108 cm³/mol. The van der Waals surface area contributed by atoms with Crippen molar-refractivity contribution in [1.29, 1.82) is 5.26 Å². The Morgan fingerprint density at radius 1 is 1.33 bits per heavy atom. The molecule has 0 radical (unpaired) electrons. The molecule has 9 nitrogen and oxygen atoms in total. The number of hydrogen-bond donors (Lipinski definition) is 3. The van der Waals surface area contributed by atoms with Crippen LogP contribution < -0.4 is 5.32 Å². The number of nitrogens with zero attached hydrogens (tertiary/aromatic N) is 3. The molecule has 9 heteroatoms. The topological polar surface area (TPSA) is 134 Å². The molecule has 0 aliphatic carbocycles. The summed E-state index contributed by atoms with van der Waals surface area (Å²) in [7, 11) is 1.62. The Morgan fingerprint density at radius 2 is 2.07 bits per heavy atom. The lowest BCUT2D eigenvalue weighted by Gasteiger charge is -2.29. The average Bonchev–Trinajstić information content (AvgIpc) is 3.21. The molecule has 0 unspecified atom stereocenters. The molecule has 2 atom stereocenters. The van der Waals surface area contributed by atoms with Crippen LogP contribution in [0.3, 0.4) is 0 Å². The molecule has 1 aromatic carbocycles.